The lowest BCUT2D eigenvalue weighted by atomic mass is 10.2. The molecule has 0 unspecified atom stereocenters. The van der Waals surface area contributed by atoms with Gasteiger partial charge in [0.05, 0.1) is 12.7 Å². The normalized spacial score (nSPS) is 9.00. The highest BCUT2D eigenvalue weighted by atomic mass is 16.5. The van der Waals surface area contributed by atoms with Crippen molar-refractivity contribution in [3.8, 4) is 6.07 Å². The van der Waals surface area contributed by atoms with E-state index in [1.165, 1.54) is 0 Å². The molecule has 0 aromatic carbocycles. The number of hydrogen-bond acceptors (Lipinski definition) is 3. The van der Waals surface area contributed by atoms with Crippen LogP contribution in [0.25, 0.3) is 0 Å². The molecule has 0 aromatic rings. The average molecular weight is 169 g/mol. The molecule has 0 saturated carbocycles. The van der Waals surface area contributed by atoms with Gasteiger partial charge in [-0.3, -0.25) is 4.79 Å². The predicted molar refractivity (Wildman–Crippen MR) is 45.3 cm³/mol. The maximum atomic E-state index is 10.8. The van der Waals surface area contributed by atoms with Crippen LogP contribution >= 0.6 is 0 Å². The Labute approximate surface area is 73.3 Å². The Bertz CT molecular complexity index is 160. The van der Waals surface area contributed by atoms with Gasteiger partial charge in [0.25, 0.3) is 0 Å². The van der Waals surface area contributed by atoms with Crippen LogP contribution in [0.15, 0.2) is 0 Å². The number of carbonyl (C=O) groups is 1. The summed E-state index contributed by atoms with van der Waals surface area (Å²) in [5.74, 6) is -0.130. The van der Waals surface area contributed by atoms with Gasteiger partial charge in [0.2, 0.25) is 0 Å². The molecule has 0 amide bonds. The predicted octanol–water partition coefficient (Wildman–Crippen LogP) is 2.02. The van der Waals surface area contributed by atoms with Gasteiger partial charge in [0.1, 0.15) is 0 Å². The minimum absolute atomic E-state index is 0.130. The first kappa shape index (κ1) is 11.0. The van der Waals surface area contributed by atoms with Gasteiger partial charge in [0, 0.05) is 12.8 Å². The van der Waals surface area contributed by atoms with Crippen LogP contribution in [-0.4, -0.2) is 12.6 Å². The Balaban J connectivity index is 3.09. The molecule has 0 heterocycles. The van der Waals surface area contributed by atoms with Crippen molar-refractivity contribution in [1.82, 2.24) is 0 Å². The Morgan fingerprint density at radius 2 is 2.25 bits per heavy atom. The first-order valence-corrected chi connectivity index (χ1v) is 4.33. The molecule has 68 valence electrons. The summed E-state index contributed by atoms with van der Waals surface area (Å²) in [5.41, 5.74) is 0. The zero-order valence-electron chi connectivity index (χ0n) is 7.51. The molecule has 3 heteroatoms. The van der Waals surface area contributed by atoms with Gasteiger partial charge >= 0.3 is 5.97 Å². The third-order valence-corrected chi connectivity index (χ3v) is 1.40. The first-order chi connectivity index (χ1) is 5.81. The van der Waals surface area contributed by atoms with Crippen molar-refractivity contribution in [2.24, 2.45) is 0 Å². The highest BCUT2D eigenvalue weighted by molar-refractivity contribution is 5.69. The lowest BCUT2D eigenvalue weighted by Gasteiger charge is -2.01. The fourth-order valence-corrected chi connectivity index (χ4v) is 0.768. The van der Waals surface area contributed by atoms with Crippen molar-refractivity contribution >= 4 is 5.97 Å². The van der Waals surface area contributed by atoms with Crippen molar-refractivity contribution in [1.29, 1.82) is 5.26 Å². The SMILES string of the molecule is CCCC(=O)OCCCCC#N. The summed E-state index contributed by atoms with van der Waals surface area (Å²) in [4.78, 5) is 10.8. The van der Waals surface area contributed by atoms with Gasteiger partial charge in [-0.15, -0.1) is 0 Å². The van der Waals surface area contributed by atoms with Crippen molar-refractivity contribution in [3.63, 3.8) is 0 Å². The molecule has 0 saturated heterocycles. The summed E-state index contributed by atoms with van der Waals surface area (Å²) in [6.07, 6.45) is 3.49. The molecule has 0 aliphatic heterocycles. The van der Waals surface area contributed by atoms with Crippen LogP contribution in [0.3, 0.4) is 0 Å². The summed E-state index contributed by atoms with van der Waals surface area (Å²) < 4.78 is 4.88. The molecule has 0 fully saturated rings. The number of rotatable bonds is 6. The highest BCUT2D eigenvalue weighted by Gasteiger charge is 1.98. The van der Waals surface area contributed by atoms with Gasteiger partial charge in [-0.1, -0.05) is 6.92 Å². The van der Waals surface area contributed by atoms with Crippen LogP contribution in [0, 0.1) is 11.3 Å². The molecular weight excluding hydrogens is 154 g/mol. The van der Waals surface area contributed by atoms with Gasteiger partial charge in [0.15, 0.2) is 0 Å². The molecule has 0 rings (SSSR count). The Morgan fingerprint density at radius 1 is 1.50 bits per heavy atom. The van der Waals surface area contributed by atoms with E-state index in [1.807, 2.05) is 13.0 Å². The van der Waals surface area contributed by atoms with E-state index >= 15 is 0 Å². The molecule has 0 spiro atoms. The molecule has 0 aromatic heterocycles. The summed E-state index contributed by atoms with van der Waals surface area (Å²) in [7, 11) is 0. The Morgan fingerprint density at radius 3 is 2.83 bits per heavy atom. The second kappa shape index (κ2) is 8.06. The van der Waals surface area contributed by atoms with Gasteiger partial charge < -0.3 is 4.74 Å². The number of esters is 1. The van der Waals surface area contributed by atoms with Crippen molar-refractivity contribution in [3.05, 3.63) is 0 Å². The zero-order chi connectivity index (χ0) is 9.23. The summed E-state index contributed by atoms with van der Waals surface area (Å²) in [6, 6.07) is 2.04. The van der Waals surface area contributed by atoms with Crippen molar-refractivity contribution in [2.75, 3.05) is 6.61 Å². The second-order valence-corrected chi connectivity index (χ2v) is 2.59. The lowest BCUT2D eigenvalue weighted by molar-refractivity contribution is -0.143. The van der Waals surface area contributed by atoms with E-state index < -0.39 is 0 Å². The third-order valence-electron chi connectivity index (χ3n) is 1.40. The largest absolute Gasteiger partial charge is 0.466 e. The quantitative estimate of drug-likeness (QED) is 0.451. The molecule has 0 bridgehead atoms. The monoisotopic (exact) mass is 169 g/mol. The van der Waals surface area contributed by atoms with Gasteiger partial charge in [-0.25, -0.2) is 0 Å². The van der Waals surface area contributed by atoms with Crippen LogP contribution in [0.5, 0.6) is 0 Å². The van der Waals surface area contributed by atoms with Crippen LogP contribution in [0.2, 0.25) is 0 Å². The number of carbonyl (C=O) groups excluding carboxylic acids is 1. The minimum atomic E-state index is -0.130. The lowest BCUT2D eigenvalue weighted by Crippen LogP contribution is -2.04. The van der Waals surface area contributed by atoms with Crippen molar-refractivity contribution < 1.29 is 9.53 Å². The third kappa shape index (κ3) is 7.07. The molecular formula is C9H15NO2. The molecule has 12 heavy (non-hydrogen) atoms. The average Bonchev–Trinajstić information content (AvgIpc) is 2.05. The van der Waals surface area contributed by atoms with Gasteiger partial charge in [-0.05, 0) is 19.3 Å². The van der Waals surface area contributed by atoms with E-state index in [1.54, 1.807) is 0 Å². The summed E-state index contributed by atoms with van der Waals surface area (Å²) in [6.45, 7) is 2.40. The highest BCUT2D eigenvalue weighted by Crippen LogP contribution is 1.97. The Kier molecular flexibility index (Phi) is 7.36. The van der Waals surface area contributed by atoms with Crippen LogP contribution in [0.1, 0.15) is 39.0 Å². The van der Waals surface area contributed by atoms with Crippen LogP contribution in [0.4, 0.5) is 0 Å². The van der Waals surface area contributed by atoms with Crippen molar-refractivity contribution in [2.45, 2.75) is 39.0 Å². The molecule has 0 atom stereocenters. The maximum absolute atomic E-state index is 10.8. The summed E-state index contributed by atoms with van der Waals surface area (Å²) >= 11 is 0. The number of hydrogen-bond donors (Lipinski definition) is 0. The van der Waals surface area contributed by atoms with E-state index in [0.29, 0.717) is 19.4 Å². The minimum Gasteiger partial charge on any atom is -0.466 e. The van der Waals surface area contributed by atoms with Gasteiger partial charge in [-0.2, -0.15) is 5.26 Å². The molecule has 0 aliphatic rings. The zero-order valence-corrected chi connectivity index (χ0v) is 7.51. The number of ether oxygens (including phenoxy) is 1. The molecule has 0 radical (unpaired) electrons. The molecule has 0 aliphatic carbocycles. The second-order valence-electron chi connectivity index (χ2n) is 2.59. The number of unbranched alkanes of at least 4 members (excludes halogenated alkanes) is 2. The van der Waals surface area contributed by atoms with E-state index in [0.717, 1.165) is 19.3 Å². The number of nitriles is 1. The summed E-state index contributed by atoms with van der Waals surface area (Å²) in [5, 5.41) is 8.20. The standard InChI is InChI=1S/C9H15NO2/c1-2-6-9(11)12-8-5-3-4-7-10/h2-6,8H2,1H3. The first-order valence-electron chi connectivity index (χ1n) is 4.33. The Hall–Kier alpha value is -1.04. The van der Waals surface area contributed by atoms with E-state index in [9.17, 15) is 4.79 Å². The topological polar surface area (TPSA) is 50.1 Å². The van der Waals surface area contributed by atoms with E-state index in [4.69, 9.17) is 10.00 Å². The molecule has 3 nitrogen and oxygen atoms in total. The van der Waals surface area contributed by atoms with Crippen LogP contribution in [-0.2, 0) is 9.53 Å². The molecule has 0 N–H and O–H groups in total. The number of nitrogens with zero attached hydrogens (tertiary/aromatic N) is 1. The van der Waals surface area contributed by atoms with E-state index in [-0.39, 0.29) is 5.97 Å². The van der Waals surface area contributed by atoms with Crippen LogP contribution < -0.4 is 0 Å². The smallest absolute Gasteiger partial charge is 0.305 e. The fourth-order valence-electron chi connectivity index (χ4n) is 0.768. The van der Waals surface area contributed by atoms with E-state index in [2.05, 4.69) is 0 Å². The fraction of sp³-hybridized carbons (Fsp3) is 0.778. The maximum Gasteiger partial charge on any atom is 0.305 e.